The second-order valence-electron chi connectivity index (χ2n) is 6.60. The largest absolute Gasteiger partial charge is 0.493 e. The number of hydrogen-bond acceptors (Lipinski definition) is 5. The smallest absolute Gasteiger partial charge is 0.161 e. The minimum Gasteiger partial charge on any atom is -0.493 e. The predicted octanol–water partition coefficient (Wildman–Crippen LogP) is 4.00. The second-order valence-corrected chi connectivity index (χ2v) is 6.60. The number of aryl methyl sites for hydroxylation is 1. The lowest BCUT2D eigenvalue weighted by molar-refractivity contribution is 0.0422. The molecule has 0 radical (unpaired) electrons. The number of hydrogen-bond donors (Lipinski definition) is 0. The summed E-state index contributed by atoms with van der Waals surface area (Å²) in [6.07, 6.45) is 3.87. The summed E-state index contributed by atoms with van der Waals surface area (Å²) in [5.41, 5.74) is 3.12. The molecule has 0 saturated carbocycles. The summed E-state index contributed by atoms with van der Waals surface area (Å²) in [4.78, 5) is 0. The molecule has 28 heavy (non-hydrogen) atoms. The predicted molar refractivity (Wildman–Crippen MR) is 109 cm³/mol. The van der Waals surface area contributed by atoms with Crippen LogP contribution in [0.2, 0.25) is 0 Å². The van der Waals surface area contributed by atoms with Gasteiger partial charge in [-0.2, -0.15) is 0 Å². The molecule has 6 nitrogen and oxygen atoms in total. The van der Waals surface area contributed by atoms with Crippen LogP contribution in [0, 0.1) is 0 Å². The first-order valence-corrected chi connectivity index (χ1v) is 9.51. The standard InChI is InChI=1S/C22H27N3O3/c1-4-8-17-11-12-21(22(13-17)27-3)28-16-19(26-2)14-25-15-20(23-24-25)18-9-6-5-7-10-18/h5-7,9-13,15,19H,4,8,14,16H2,1-3H3. The molecule has 2 aromatic carbocycles. The van der Waals surface area contributed by atoms with Gasteiger partial charge < -0.3 is 14.2 Å². The third-order valence-corrected chi connectivity index (χ3v) is 4.52. The van der Waals surface area contributed by atoms with Crippen LogP contribution in [0.15, 0.2) is 54.7 Å². The Labute approximate surface area is 166 Å². The summed E-state index contributed by atoms with van der Waals surface area (Å²) >= 11 is 0. The molecule has 0 aliphatic heterocycles. The second kappa shape index (κ2) is 9.90. The molecular weight excluding hydrogens is 354 g/mol. The maximum absolute atomic E-state index is 5.97. The fourth-order valence-electron chi connectivity index (χ4n) is 2.99. The van der Waals surface area contributed by atoms with Gasteiger partial charge in [0.2, 0.25) is 0 Å². The molecule has 148 valence electrons. The fourth-order valence-corrected chi connectivity index (χ4v) is 2.99. The van der Waals surface area contributed by atoms with Crippen molar-refractivity contribution in [1.82, 2.24) is 15.0 Å². The summed E-state index contributed by atoms with van der Waals surface area (Å²) in [6, 6.07) is 16.0. The number of benzene rings is 2. The summed E-state index contributed by atoms with van der Waals surface area (Å²) in [7, 11) is 3.33. The van der Waals surface area contributed by atoms with Gasteiger partial charge in [-0.05, 0) is 24.1 Å². The molecule has 3 rings (SSSR count). The van der Waals surface area contributed by atoms with E-state index >= 15 is 0 Å². The van der Waals surface area contributed by atoms with Crippen molar-refractivity contribution >= 4 is 0 Å². The molecule has 1 heterocycles. The molecule has 1 aromatic heterocycles. The molecule has 6 heteroatoms. The molecule has 0 aliphatic rings. The van der Waals surface area contributed by atoms with Crippen LogP contribution >= 0.6 is 0 Å². The van der Waals surface area contributed by atoms with Crippen molar-refractivity contribution < 1.29 is 14.2 Å². The lowest BCUT2D eigenvalue weighted by atomic mass is 10.1. The Morgan fingerprint density at radius 1 is 1.04 bits per heavy atom. The van der Waals surface area contributed by atoms with Gasteiger partial charge in [-0.3, -0.25) is 0 Å². The van der Waals surface area contributed by atoms with Crippen molar-refractivity contribution in [1.29, 1.82) is 0 Å². The molecule has 0 spiro atoms. The summed E-state index contributed by atoms with van der Waals surface area (Å²) in [5, 5.41) is 8.45. The molecule has 0 bridgehead atoms. The average molecular weight is 381 g/mol. The zero-order chi connectivity index (χ0) is 19.8. The average Bonchev–Trinajstić information content (AvgIpc) is 3.21. The van der Waals surface area contributed by atoms with E-state index in [1.54, 1.807) is 18.9 Å². The highest BCUT2D eigenvalue weighted by Gasteiger charge is 2.14. The molecule has 0 fully saturated rings. The van der Waals surface area contributed by atoms with Crippen molar-refractivity contribution in [3.8, 4) is 22.8 Å². The lowest BCUT2D eigenvalue weighted by Crippen LogP contribution is -2.26. The van der Waals surface area contributed by atoms with E-state index in [9.17, 15) is 0 Å². The quantitative estimate of drug-likeness (QED) is 0.531. The van der Waals surface area contributed by atoms with Gasteiger partial charge in [0.25, 0.3) is 0 Å². The Morgan fingerprint density at radius 2 is 1.86 bits per heavy atom. The van der Waals surface area contributed by atoms with Crippen molar-refractivity contribution in [2.24, 2.45) is 0 Å². The van der Waals surface area contributed by atoms with E-state index in [0.29, 0.717) is 18.9 Å². The highest BCUT2D eigenvalue weighted by molar-refractivity contribution is 5.57. The van der Waals surface area contributed by atoms with Crippen LogP contribution in [0.5, 0.6) is 11.5 Å². The van der Waals surface area contributed by atoms with Crippen molar-refractivity contribution in [2.75, 3.05) is 20.8 Å². The van der Waals surface area contributed by atoms with Crippen molar-refractivity contribution in [3.63, 3.8) is 0 Å². The molecule has 1 unspecified atom stereocenters. The Kier molecular flexibility index (Phi) is 7.03. The lowest BCUT2D eigenvalue weighted by Gasteiger charge is -2.17. The highest BCUT2D eigenvalue weighted by Crippen LogP contribution is 2.28. The Balaban J connectivity index is 1.61. The molecule has 0 aliphatic carbocycles. The van der Waals surface area contributed by atoms with E-state index < -0.39 is 0 Å². The SMILES string of the molecule is CCCc1ccc(OCC(Cn2cc(-c3ccccc3)nn2)OC)c(OC)c1. The minimum absolute atomic E-state index is 0.162. The van der Waals surface area contributed by atoms with E-state index in [1.165, 1.54) is 5.56 Å². The van der Waals surface area contributed by atoms with E-state index in [4.69, 9.17) is 14.2 Å². The first-order chi connectivity index (χ1) is 13.7. The normalized spacial score (nSPS) is 12.0. The van der Waals surface area contributed by atoms with Gasteiger partial charge in [0, 0.05) is 12.7 Å². The maximum Gasteiger partial charge on any atom is 0.161 e. The molecule has 3 aromatic rings. The van der Waals surface area contributed by atoms with Crippen molar-refractivity contribution in [3.05, 3.63) is 60.3 Å². The molecule has 0 amide bonds. The zero-order valence-corrected chi connectivity index (χ0v) is 16.7. The van der Waals surface area contributed by atoms with E-state index in [-0.39, 0.29) is 6.10 Å². The molecule has 0 saturated heterocycles. The van der Waals surface area contributed by atoms with Gasteiger partial charge in [0.1, 0.15) is 18.4 Å². The first-order valence-electron chi connectivity index (χ1n) is 9.51. The summed E-state index contributed by atoms with van der Waals surface area (Å²) < 4.78 is 18.8. The summed E-state index contributed by atoms with van der Waals surface area (Å²) in [6.45, 7) is 3.10. The van der Waals surface area contributed by atoms with Gasteiger partial charge in [0.15, 0.2) is 11.5 Å². The van der Waals surface area contributed by atoms with Gasteiger partial charge in [-0.1, -0.05) is 55.0 Å². The molecular formula is C22H27N3O3. The monoisotopic (exact) mass is 381 g/mol. The van der Waals surface area contributed by atoms with Crippen LogP contribution in [0.1, 0.15) is 18.9 Å². The number of rotatable bonds is 10. The van der Waals surface area contributed by atoms with Gasteiger partial charge >= 0.3 is 0 Å². The van der Waals surface area contributed by atoms with E-state index in [1.807, 2.05) is 48.7 Å². The number of ether oxygens (including phenoxy) is 3. The van der Waals surface area contributed by atoms with Crippen LogP contribution in [-0.2, 0) is 17.7 Å². The maximum atomic E-state index is 5.97. The first kappa shape index (κ1) is 19.9. The van der Waals surface area contributed by atoms with Gasteiger partial charge in [0.05, 0.1) is 19.9 Å². The van der Waals surface area contributed by atoms with Crippen molar-refractivity contribution in [2.45, 2.75) is 32.4 Å². The molecule has 1 atom stereocenters. The van der Waals surface area contributed by atoms with Gasteiger partial charge in [-0.15, -0.1) is 5.10 Å². The van der Waals surface area contributed by atoms with Crippen LogP contribution in [0.3, 0.4) is 0 Å². The van der Waals surface area contributed by atoms with E-state index in [2.05, 4.69) is 23.3 Å². The third-order valence-electron chi connectivity index (χ3n) is 4.52. The third kappa shape index (κ3) is 5.10. The molecule has 0 N–H and O–H groups in total. The van der Waals surface area contributed by atoms with Gasteiger partial charge in [-0.25, -0.2) is 4.68 Å². The number of aromatic nitrogens is 3. The highest BCUT2D eigenvalue weighted by atomic mass is 16.5. The van der Waals surface area contributed by atoms with Crippen LogP contribution < -0.4 is 9.47 Å². The number of methoxy groups -OCH3 is 2. The fraction of sp³-hybridized carbons (Fsp3) is 0.364. The van der Waals surface area contributed by atoms with E-state index in [0.717, 1.165) is 29.8 Å². The van der Waals surface area contributed by atoms with Crippen LogP contribution in [0.4, 0.5) is 0 Å². The summed E-state index contributed by atoms with van der Waals surface area (Å²) in [5.74, 6) is 1.46. The number of nitrogens with zero attached hydrogens (tertiary/aromatic N) is 3. The Bertz CT molecular complexity index is 864. The topological polar surface area (TPSA) is 58.4 Å². The zero-order valence-electron chi connectivity index (χ0n) is 16.7. The Hall–Kier alpha value is -2.86. The van der Waals surface area contributed by atoms with Crippen LogP contribution in [-0.4, -0.2) is 41.9 Å². The van der Waals surface area contributed by atoms with Crippen LogP contribution in [0.25, 0.3) is 11.3 Å². The Morgan fingerprint density at radius 3 is 2.57 bits per heavy atom. The minimum atomic E-state index is -0.162.